The van der Waals surface area contributed by atoms with Crippen LogP contribution in [0.25, 0.3) is 23.3 Å². The third-order valence-electron chi connectivity index (χ3n) is 3.78. The van der Waals surface area contributed by atoms with E-state index in [1.165, 1.54) is 0 Å². The summed E-state index contributed by atoms with van der Waals surface area (Å²) >= 11 is 0. The van der Waals surface area contributed by atoms with Crippen molar-refractivity contribution in [2.75, 3.05) is 0 Å². The molecule has 0 unspecified atom stereocenters. The van der Waals surface area contributed by atoms with Gasteiger partial charge in [-0.3, -0.25) is 9.97 Å². The molecule has 122 valence electrons. The lowest BCUT2D eigenvalue weighted by molar-refractivity contribution is 1.32. The number of benzene rings is 1. The quantitative estimate of drug-likeness (QED) is 0.653. The summed E-state index contributed by atoms with van der Waals surface area (Å²) < 4.78 is 0. The maximum atomic E-state index is 9.46. The summed E-state index contributed by atoms with van der Waals surface area (Å²) in [7, 11) is 0. The molecule has 0 spiro atoms. The second kappa shape index (κ2) is 8.19. The van der Waals surface area contributed by atoms with E-state index >= 15 is 0 Å². The van der Waals surface area contributed by atoms with Crippen LogP contribution in [0, 0.1) is 22.7 Å². The summed E-state index contributed by atoms with van der Waals surface area (Å²) in [6.45, 7) is 0. The molecular weight excluding hydrogens is 320 g/mol. The van der Waals surface area contributed by atoms with Crippen molar-refractivity contribution >= 4 is 23.3 Å². The largest absolute Gasteiger partial charge is 0.265 e. The highest BCUT2D eigenvalue weighted by Gasteiger charge is 2.05. The molecule has 4 heteroatoms. The van der Waals surface area contributed by atoms with Gasteiger partial charge in [0.05, 0.1) is 23.3 Å². The minimum Gasteiger partial charge on any atom is -0.265 e. The second-order valence-corrected chi connectivity index (χ2v) is 5.48. The highest BCUT2D eigenvalue weighted by atomic mass is 14.6. The van der Waals surface area contributed by atoms with Crippen LogP contribution < -0.4 is 0 Å². The SMILES string of the molecule is N#CC(=Cc1ccncc1)c1ccc(C(C#N)=Cc2ccncc2)cc1. The monoisotopic (exact) mass is 334 g/mol. The number of aromatic nitrogens is 2. The fourth-order valence-electron chi connectivity index (χ4n) is 2.44. The molecule has 4 nitrogen and oxygen atoms in total. The highest BCUT2D eigenvalue weighted by molar-refractivity contribution is 5.92. The number of hydrogen-bond acceptors (Lipinski definition) is 4. The van der Waals surface area contributed by atoms with Crippen molar-refractivity contribution in [3.05, 3.63) is 95.6 Å². The zero-order valence-electron chi connectivity index (χ0n) is 13.9. The average Bonchev–Trinajstić information content (AvgIpc) is 2.72. The van der Waals surface area contributed by atoms with Gasteiger partial charge in [0.2, 0.25) is 0 Å². The smallest absolute Gasteiger partial charge is 0.0998 e. The molecule has 2 aromatic heterocycles. The molecule has 0 aliphatic rings. The van der Waals surface area contributed by atoms with Gasteiger partial charge in [-0.05, 0) is 58.7 Å². The minimum absolute atomic E-state index is 0.555. The van der Waals surface area contributed by atoms with E-state index in [0.29, 0.717) is 11.1 Å². The number of pyridine rings is 2. The van der Waals surface area contributed by atoms with Crippen LogP contribution in [0.5, 0.6) is 0 Å². The molecular formula is C22H14N4. The van der Waals surface area contributed by atoms with Crippen LogP contribution in [0.3, 0.4) is 0 Å². The molecule has 0 bridgehead atoms. The molecule has 0 atom stereocenters. The fraction of sp³-hybridized carbons (Fsp3) is 0. The molecule has 0 N–H and O–H groups in total. The molecule has 0 fully saturated rings. The first-order chi connectivity index (χ1) is 12.8. The Balaban J connectivity index is 1.90. The van der Waals surface area contributed by atoms with Crippen molar-refractivity contribution in [3.8, 4) is 12.1 Å². The van der Waals surface area contributed by atoms with Crippen molar-refractivity contribution in [3.63, 3.8) is 0 Å². The van der Waals surface area contributed by atoms with Crippen LogP contribution in [0.2, 0.25) is 0 Å². The lowest BCUT2D eigenvalue weighted by atomic mass is 9.99. The molecule has 0 aliphatic heterocycles. The van der Waals surface area contributed by atoms with Gasteiger partial charge in [-0.1, -0.05) is 24.3 Å². The van der Waals surface area contributed by atoms with Crippen LogP contribution in [0.1, 0.15) is 22.3 Å². The molecule has 2 heterocycles. The van der Waals surface area contributed by atoms with Crippen LogP contribution in [0.15, 0.2) is 73.3 Å². The Kier molecular flexibility index (Phi) is 5.30. The van der Waals surface area contributed by atoms with Crippen LogP contribution >= 0.6 is 0 Å². The van der Waals surface area contributed by atoms with E-state index in [9.17, 15) is 10.5 Å². The van der Waals surface area contributed by atoms with Crippen LogP contribution in [0.4, 0.5) is 0 Å². The van der Waals surface area contributed by atoms with Gasteiger partial charge in [0.1, 0.15) is 0 Å². The Morgan fingerprint density at radius 3 is 1.27 bits per heavy atom. The van der Waals surface area contributed by atoms with Crippen molar-refractivity contribution in [1.82, 2.24) is 9.97 Å². The first-order valence-corrected chi connectivity index (χ1v) is 7.94. The summed E-state index contributed by atoms with van der Waals surface area (Å²) in [4.78, 5) is 7.95. The zero-order chi connectivity index (χ0) is 18.2. The maximum absolute atomic E-state index is 9.46. The molecule has 1 aromatic carbocycles. The molecule has 0 saturated heterocycles. The lowest BCUT2D eigenvalue weighted by Gasteiger charge is -2.03. The van der Waals surface area contributed by atoms with Crippen molar-refractivity contribution < 1.29 is 0 Å². The topological polar surface area (TPSA) is 73.4 Å². The van der Waals surface area contributed by atoms with E-state index in [0.717, 1.165) is 22.3 Å². The fourth-order valence-corrected chi connectivity index (χ4v) is 2.44. The number of rotatable bonds is 4. The molecule has 0 aliphatic carbocycles. The van der Waals surface area contributed by atoms with Gasteiger partial charge < -0.3 is 0 Å². The minimum atomic E-state index is 0.555. The van der Waals surface area contributed by atoms with Gasteiger partial charge in [-0.15, -0.1) is 0 Å². The summed E-state index contributed by atoms with van der Waals surface area (Å²) in [5, 5.41) is 18.9. The second-order valence-electron chi connectivity index (χ2n) is 5.48. The number of hydrogen-bond donors (Lipinski definition) is 0. The van der Waals surface area contributed by atoms with Gasteiger partial charge in [-0.25, -0.2) is 0 Å². The Morgan fingerprint density at radius 1 is 0.615 bits per heavy atom. The average molecular weight is 334 g/mol. The van der Waals surface area contributed by atoms with E-state index in [2.05, 4.69) is 22.1 Å². The first-order valence-electron chi connectivity index (χ1n) is 7.94. The predicted molar refractivity (Wildman–Crippen MR) is 102 cm³/mol. The van der Waals surface area contributed by atoms with E-state index in [1.807, 2.05) is 60.7 Å². The van der Waals surface area contributed by atoms with Gasteiger partial charge in [0.15, 0.2) is 0 Å². The van der Waals surface area contributed by atoms with E-state index < -0.39 is 0 Å². The standard InChI is InChI=1S/C22H14N4/c23-15-21(13-17-5-9-25-10-6-17)19-1-2-20(4-3-19)22(16-24)14-18-7-11-26-12-8-18/h1-14H. The Hall–Kier alpha value is -4.02. The van der Waals surface area contributed by atoms with E-state index in [1.54, 1.807) is 24.8 Å². The zero-order valence-corrected chi connectivity index (χ0v) is 13.9. The van der Waals surface area contributed by atoms with E-state index in [4.69, 9.17) is 0 Å². The molecule has 0 saturated carbocycles. The van der Waals surface area contributed by atoms with E-state index in [-0.39, 0.29) is 0 Å². The lowest BCUT2D eigenvalue weighted by Crippen LogP contribution is -1.86. The van der Waals surface area contributed by atoms with Gasteiger partial charge in [0.25, 0.3) is 0 Å². The molecule has 3 aromatic rings. The normalized spacial score (nSPS) is 11.5. The number of allylic oxidation sites excluding steroid dienone is 2. The molecule has 3 rings (SSSR count). The summed E-state index contributed by atoms with van der Waals surface area (Å²) in [6.07, 6.45) is 10.4. The molecule has 0 radical (unpaired) electrons. The van der Waals surface area contributed by atoms with Crippen molar-refractivity contribution in [1.29, 1.82) is 10.5 Å². The van der Waals surface area contributed by atoms with Crippen molar-refractivity contribution in [2.24, 2.45) is 0 Å². The van der Waals surface area contributed by atoms with Crippen LogP contribution in [-0.2, 0) is 0 Å². The third kappa shape index (κ3) is 4.08. The van der Waals surface area contributed by atoms with Crippen molar-refractivity contribution in [2.45, 2.75) is 0 Å². The molecule has 0 amide bonds. The Morgan fingerprint density at radius 2 is 0.962 bits per heavy atom. The van der Waals surface area contributed by atoms with Crippen LogP contribution in [-0.4, -0.2) is 9.97 Å². The number of nitrogens with zero attached hydrogens (tertiary/aromatic N) is 4. The highest BCUT2D eigenvalue weighted by Crippen LogP contribution is 2.22. The van der Waals surface area contributed by atoms with Gasteiger partial charge >= 0.3 is 0 Å². The summed E-state index contributed by atoms with van der Waals surface area (Å²) in [5.74, 6) is 0. The first kappa shape index (κ1) is 16.8. The van der Waals surface area contributed by atoms with Gasteiger partial charge in [0, 0.05) is 24.8 Å². The number of nitriles is 2. The van der Waals surface area contributed by atoms with Gasteiger partial charge in [-0.2, -0.15) is 10.5 Å². The third-order valence-corrected chi connectivity index (χ3v) is 3.78. The molecule has 26 heavy (non-hydrogen) atoms. The summed E-state index contributed by atoms with van der Waals surface area (Å²) in [6, 6.07) is 19.2. The Bertz CT molecular complexity index is 933. The maximum Gasteiger partial charge on any atom is 0.0998 e. The predicted octanol–water partition coefficient (Wildman–Crippen LogP) is 4.60. The summed E-state index contributed by atoms with van der Waals surface area (Å²) in [5.41, 5.74) is 4.54. The Labute approximate surface area is 152 Å².